The lowest BCUT2D eigenvalue weighted by molar-refractivity contribution is 0.0643. The minimum absolute atomic E-state index is 0.0236. The van der Waals surface area contributed by atoms with E-state index in [1.54, 1.807) is 0 Å². The topological polar surface area (TPSA) is 20.2 Å². The molecular formula is C15H22O. The molecule has 1 nitrogen and oxygen atoms in total. The summed E-state index contributed by atoms with van der Waals surface area (Å²) in [6, 6.07) is 10.7. The van der Waals surface area contributed by atoms with Gasteiger partial charge in [0.25, 0.3) is 0 Å². The first kappa shape index (κ1) is 11.7. The van der Waals surface area contributed by atoms with Crippen molar-refractivity contribution in [2.24, 2.45) is 5.92 Å². The largest absolute Gasteiger partial charge is 0.393 e. The Morgan fingerprint density at radius 1 is 1.06 bits per heavy atom. The molecule has 0 bridgehead atoms. The van der Waals surface area contributed by atoms with Gasteiger partial charge in [0.2, 0.25) is 0 Å². The number of hydrogen-bond acceptors (Lipinski definition) is 1. The SMILES string of the molecule is O[C@@H]1CCCC[C@H]1CCCc1ccccc1. The van der Waals surface area contributed by atoms with Crippen LogP contribution in [-0.4, -0.2) is 11.2 Å². The third-order valence-electron chi connectivity index (χ3n) is 3.75. The van der Waals surface area contributed by atoms with Crippen molar-refractivity contribution in [3.05, 3.63) is 35.9 Å². The second-order valence-electron chi connectivity index (χ2n) is 4.99. The van der Waals surface area contributed by atoms with Crippen LogP contribution in [0, 0.1) is 5.92 Å². The van der Waals surface area contributed by atoms with Crippen LogP contribution in [0.4, 0.5) is 0 Å². The lowest BCUT2D eigenvalue weighted by Crippen LogP contribution is -2.24. The molecule has 1 aliphatic carbocycles. The Kier molecular flexibility index (Phi) is 4.41. The van der Waals surface area contributed by atoms with Gasteiger partial charge >= 0.3 is 0 Å². The molecule has 0 amide bonds. The van der Waals surface area contributed by atoms with Gasteiger partial charge in [-0.15, -0.1) is 0 Å². The third-order valence-corrected chi connectivity index (χ3v) is 3.75. The minimum atomic E-state index is -0.0236. The molecule has 2 atom stereocenters. The summed E-state index contributed by atoms with van der Waals surface area (Å²) in [5, 5.41) is 9.87. The molecule has 0 heterocycles. The Morgan fingerprint density at radius 2 is 1.81 bits per heavy atom. The van der Waals surface area contributed by atoms with Crippen LogP contribution in [0.5, 0.6) is 0 Å². The molecule has 1 aromatic carbocycles. The highest BCUT2D eigenvalue weighted by atomic mass is 16.3. The van der Waals surface area contributed by atoms with Crippen molar-refractivity contribution >= 4 is 0 Å². The fraction of sp³-hybridized carbons (Fsp3) is 0.600. The normalized spacial score (nSPS) is 25.6. The maximum Gasteiger partial charge on any atom is 0.0568 e. The van der Waals surface area contributed by atoms with E-state index in [1.807, 2.05) is 0 Å². The van der Waals surface area contributed by atoms with Gasteiger partial charge in [0.05, 0.1) is 6.10 Å². The summed E-state index contributed by atoms with van der Waals surface area (Å²) in [4.78, 5) is 0. The predicted molar refractivity (Wildman–Crippen MR) is 67.3 cm³/mol. The van der Waals surface area contributed by atoms with Crippen molar-refractivity contribution in [2.45, 2.75) is 51.0 Å². The molecule has 0 spiro atoms. The number of rotatable bonds is 4. The van der Waals surface area contributed by atoms with E-state index in [0.717, 1.165) is 12.8 Å². The molecule has 2 rings (SSSR count). The number of benzene rings is 1. The maximum atomic E-state index is 9.87. The fourth-order valence-electron chi connectivity index (χ4n) is 2.74. The van der Waals surface area contributed by atoms with Gasteiger partial charge < -0.3 is 5.11 Å². The van der Waals surface area contributed by atoms with Crippen molar-refractivity contribution in [2.75, 3.05) is 0 Å². The number of hydrogen-bond donors (Lipinski definition) is 1. The van der Waals surface area contributed by atoms with E-state index in [0.29, 0.717) is 5.92 Å². The van der Waals surface area contributed by atoms with Gasteiger partial charge in [-0.1, -0.05) is 43.2 Å². The van der Waals surface area contributed by atoms with Crippen molar-refractivity contribution in [1.82, 2.24) is 0 Å². The van der Waals surface area contributed by atoms with Crippen LogP contribution in [0.2, 0.25) is 0 Å². The first-order valence-corrected chi connectivity index (χ1v) is 6.58. The van der Waals surface area contributed by atoms with Crippen LogP contribution < -0.4 is 0 Å². The summed E-state index contributed by atoms with van der Waals surface area (Å²) in [7, 11) is 0. The lowest BCUT2D eigenvalue weighted by atomic mass is 9.83. The van der Waals surface area contributed by atoms with E-state index < -0.39 is 0 Å². The quantitative estimate of drug-likeness (QED) is 0.819. The van der Waals surface area contributed by atoms with Crippen LogP contribution in [0.1, 0.15) is 44.1 Å². The van der Waals surface area contributed by atoms with E-state index in [-0.39, 0.29) is 6.10 Å². The van der Waals surface area contributed by atoms with Crippen molar-refractivity contribution in [1.29, 1.82) is 0 Å². The molecule has 0 aliphatic heterocycles. The van der Waals surface area contributed by atoms with Crippen molar-refractivity contribution in [3.63, 3.8) is 0 Å². The number of aliphatic hydroxyl groups is 1. The number of aliphatic hydroxyl groups excluding tert-OH is 1. The first-order chi connectivity index (χ1) is 7.86. The highest BCUT2D eigenvalue weighted by Crippen LogP contribution is 2.28. The van der Waals surface area contributed by atoms with E-state index >= 15 is 0 Å². The average Bonchev–Trinajstić information content (AvgIpc) is 2.33. The highest BCUT2D eigenvalue weighted by molar-refractivity contribution is 5.14. The van der Waals surface area contributed by atoms with Gasteiger partial charge in [0.1, 0.15) is 0 Å². The summed E-state index contributed by atoms with van der Waals surface area (Å²) < 4.78 is 0. The molecule has 0 unspecified atom stereocenters. The van der Waals surface area contributed by atoms with Gasteiger partial charge in [-0.2, -0.15) is 0 Å². The molecule has 88 valence electrons. The zero-order chi connectivity index (χ0) is 11.2. The Hall–Kier alpha value is -0.820. The standard InChI is InChI=1S/C15H22O/c16-15-12-5-4-10-14(15)11-6-9-13-7-2-1-3-8-13/h1-3,7-8,14-16H,4-6,9-12H2/t14-,15+/m0/s1. The second-order valence-corrected chi connectivity index (χ2v) is 4.99. The molecule has 0 radical (unpaired) electrons. The number of aryl methyl sites for hydroxylation is 1. The van der Waals surface area contributed by atoms with E-state index in [1.165, 1.54) is 37.7 Å². The molecule has 1 fully saturated rings. The molecule has 1 N–H and O–H groups in total. The van der Waals surface area contributed by atoms with Crippen molar-refractivity contribution < 1.29 is 5.11 Å². The van der Waals surface area contributed by atoms with Crippen LogP contribution in [0.25, 0.3) is 0 Å². The van der Waals surface area contributed by atoms with Crippen LogP contribution in [-0.2, 0) is 6.42 Å². The van der Waals surface area contributed by atoms with Gasteiger partial charge in [0.15, 0.2) is 0 Å². The summed E-state index contributed by atoms with van der Waals surface area (Å²) in [6.07, 6.45) is 8.32. The van der Waals surface area contributed by atoms with Gasteiger partial charge in [-0.3, -0.25) is 0 Å². The molecule has 1 aromatic rings. The first-order valence-electron chi connectivity index (χ1n) is 6.58. The molecule has 1 saturated carbocycles. The Labute approximate surface area is 98.5 Å². The molecule has 1 aliphatic rings. The Balaban J connectivity index is 1.71. The summed E-state index contributed by atoms with van der Waals surface area (Å²) in [5.41, 5.74) is 1.42. The Bertz CT molecular complexity index is 294. The smallest absolute Gasteiger partial charge is 0.0568 e. The monoisotopic (exact) mass is 218 g/mol. The predicted octanol–water partition coefficient (Wildman–Crippen LogP) is 3.56. The molecule has 1 heteroatoms. The minimum Gasteiger partial charge on any atom is -0.393 e. The average molecular weight is 218 g/mol. The Morgan fingerprint density at radius 3 is 2.56 bits per heavy atom. The van der Waals surface area contributed by atoms with Gasteiger partial charge in [-0.05, 0) is 43.6 Å². The maximum absolute atomic E-state index is 9.87. The second kappa shape index (κ2) is 6.05. The van der Waals surface area contributed by atoms with Gasteiger partial charge in [0, 0.05) is 0 Å². The van der Waals surface area contributed by atoms with Crippen LogP contribution in [0.3, 0.4) is 0 Å². The molecular weight excluding hydrogens is 196 g/mol. The highest BCUT2D eigenvalue weighted by Gasteiger charge is 2.22. The summed E-state index contributed by atoms with van der Waals surface area (Å²) >= 11 is 0. The van der Waals surface area contributed by atoms with Crippen molar-refractivity contribution in [3.8, 4) is 0 Å². The lowest BCUT2D eigenvalue weighted by Gasteiger charge is -2.27. The zero-order valence-electron chi connectivity index (χ0n) is 9.94. The molecule has 0 saturated heterocycles. The van der Waals surface area contributed by atoms with E-state index in [9.17, 15) is 5.11 Å². The zero-order valence-corrected chi connectivity index (χ0v) is 9.94. The fourth-order valence-corrected chi connectivity index (χ4v) is 2.74. The summed E-state index contributed by atoms with van der Waals surface area (Å²) in [6.45, 7) is 0. The van der Waals surface area contributed by atoms with Gasteiger partial charge in [-0.25, -0.2) is 0 Å². The molecule has 16 heavy (non-hydrogen) atoms. The summed E-state index contributed by atoms with van der Waals surface area (Å²) in [5.74, 6) is 0.567. The van der Waals surface area contributed by atoms with E-state index in [2.05, 4.69) is 30.3 Å². The van der Waals surface area contributed by atoms with Crippen LogP contribution in [0.15, 0.2) is 30.3 Å². The third kappa shape index (κ3) is 3.34. The van der Waals surface area contributed by atoms with Crippen LogP contribution >= 0.6 is 0 Å². The molecule has 0 aromatic heterocycles. The van der Waals surface area contributed by atoms with E-state index in [4.69, 9.17) is 0 Å².